The topological polar surface area (TPSA) is 115 Å². The molecule has 8 nitrogen and oxygen atoms in total. The maximum atomic E-state index is 12.6. The highest BCUT2D eigenvalue weighted by atomic mass is 16.5. The number of amides is 1. The number of carboxylic acids is 1. The lowest BCUT2D eigenvalue weighted by atomic mass is 9.78. The Bertz CT molecular complexity index is 1020. The first-order chi connectivity index (χ1) is 15.0. The van der Waals surface area contributed by atoms with Gasteiger partial charge in [-0.05, 0) is 35.3 Å². The SMILES string of the molecule is COc1ccc(/C=C/C(=O)c2cncc(NC(=O)CC(C(=O)O)C(C)(C)C)c2)cc1OC. The lowest BCUT2D eigenvalue weighted by molar-refractivity contribution is -0.147. The molecule has 0 fully saturated rings. The molecule has 0 saturated carbocycles. The molecule has 1 aromatic heterocycles. The minimum atomic E-state index is -1.03. The number of hydrogen-bond acceptors (Lipinski definition) is 6. The number of aromatic nitrogens is 1. The van der Waals surface area contributed by atoms with Crippen LogP contribution in [-0.2, 0) is 9.59 Å². The monoisotopic (exact) mass is 440 g/mol. The number of hydrogen-bond donors (Lipinski definition) is 2. The van der Waals surface area contributed by atoms with Crippen LogP contribution in [0, 0.1) is 11.3 Å². The smallest absolute Gasteiger partial charge is 0.307 e. The fourth-order valence-electron chi connectivity index (χ4n) is 3.03. The van der Waals surface area contributed by atoms with Gasteiger partial charge in [0.15, 0.2) is 17.3 Å². The van der Waals surface area contributed by atoms with Crippen LogP contribution in [0.15, 0.2) is 42.7 Å². The molecule has 0 aliphatic rings. The van der Waals surface area contributed by atoms with E-state index < -0.39 is 23.2 Å². The molecule has 0 bridgehead atoms. The second kappa shape index (κ2) is 10.6. The number of methoxy groups -OCH3 is 2. The van der Waals surface area contributed by atoms with Gasteiger partial charge in [0.2, 0.25) is 5.91 Å². The van der Waals surface area contributed by atoms with Crippen molar-refractivity contribution in [2.75, 3.05) is 19.5 Å². The molecule has 170 valence electrons. The molecular weight excluding hydrogens is 412 g/mol. The van der Waals surface area contributed by atoms with E-state index in [1.165, 1.54) is 31.6 Å². The standard InChI is InChI=1S/C24H28N2O6/c1-24(2,3)18(23(29)30)12-22(28)26-17-11-16(13-25-14-17)19(27)8-6-15-7-9-20(31-4)21(10-15)32-5/h6-11,13-14,18H,12H2,1-5H3,(H,26,28)(H,29,30)/b8-6+. The van der Waals surface area contributed by atoms with E-state index in [0.29, 0.717) is 17.2 Å². The van der Waals surface area contributed by atoms with E-state index in [9.17, 15) is 19.5 Å². The predicted molar refractivity (Wildman–Crippen MR) is 121 cm³/mol. The summed E-state index contributed by atoms with van der Waals surface area (Å²) < 4.78 is 10.4. The minimum Gasteiger partial charge on any atom is -0.493 e. The second-order valence-electron chi connectivity index (χ2n) is 8.28. The zero-order valence-corrected chi connectivity index (χ0v) is 18.8. The molecular formula is C24H28N2O6. The lowest BCUT2D eigenvalue weighted by Gasteiger charge is -2.26. The maximum absolute atomic E-state index is 12.6. The molecule has 1 heterocycles. The number of rotatable bonds is 9. The van der Waals surface area contributed by atoms with Crippen LogP contribution in [0.2, 0.25) is 0 Å². The van der Waals surface area contributed by atoms with Crippen LogP contribution in [0.3, 0.4) is 0 Å². The van der Waals surface area contributed by atoms with Crippen molar-refractivity contribution in [2.45, 2.75) is 27.2 Å². The molecule has 0 spiro atoms. The largest absolute Gasteiger partial charge is 0.493 e. The summed E-state index contributed by atoms with van der Waals surface area (Å²) >= 11 is 0. The van der Waals surface area contributed by atoms with Crippen molar-refractivity contribution < 1.29 is 29.0 Å². The zero-order valence-electron chi connectivity index (χ0n) is 18.8. The number of aliphatic carboxylic acids is 1. The number of carbonyl (C=O) groups excluding carboxylic acids is 2. The minimum absolute atomic E-state index is 0.184. The first-order valence-corrected chi connectivity index (χ1v) is 9.97. The molecule has 8 heteroatoms. The highest BCUT2D eigenvalue weighted by Crippen LogP contribution is 2.30. The van der Waals surface area contributed by atoms with E-state index in [2.05, 4.69) is 10.3 Å². The van der Waals surface area contributed by atoms with Crippen LogP contribution in [0.1, 0.15) is 43.1 Å². The van der Waals surface area contributed by atoms with E-state index in [-0.39, 0.29) is 17.8 Å². The number of carboxylic acid groups (broad SMARTS) is 1. The quantitative estimate of drug-likeness (QED) is 0.446. The average molecular weight is 440 g/mol. The summed E-state index contributed by atoms with van der Waals surface area (Å²) in [5.41, 5.74) is 0.771. The number of carbonyl (C=O) groups is 3. The molecule has 1 atom stereocenters. The van der Waals surface area contributed by atoms with Crippen LogP contribution in [0.25, 0.3) is 6.08 Å². The van der Waals surface area contributed by atoms with Crippen molar-refractivity contribution in [3.8, 4) is 11.5 Å². The van der Waals surface area contributed by atoms with Crippen molar-refractivity contribution in [2.24, 2.45) is 11.3 Å². The Morgan fingerprint density at radius 2 is 1.78 bits per heavy atom. The molecule has 2 aromatic rings. The van der Waals surface area contributed by atoms with Gasteiger partial charge in [-0.15, -0.1) is 0 Å². The molecule has 2 rings (SSSR count). The van der Waals surface area contributed by atoms with Gasteiger partial charge in [0, 0.05) is 18.2 Å². The van der Waals surface area contributed by atoms with Crippen molar-refractivity contribution >= 4 is 29.4 Å². The van der Waals surface area contributed by atoms with Gasteiger partial charge in [0.25, 0.3) is 0 Å². The Morgan fingerprint density at radius 1 is 1.09 bits per heavy atom. The summed E-state index contributed by atoms with van der Waals surface area (Å²) in [6.45, 7) is 5.31. The molecule has 1 aromatic carbocycles. The molecule has 1 amide bonds. The Hall–Kier alpha value is -3.68. The zero-order chi connectivity index (χ0) is 23.9. The predicted octanol–water partition coefficient (Wildman–Crippen LogP) is 4.07. The van der Waals surface area contributed by atoms with Gasteiger partial charge >= 0.3 is 5.97 Å². The Morgan fingerprint density at radius 3 is 2.38 bits per heavy atom. The molecule has 1 unspecified atom stereocenters. The van der Waals surface area contributed by atoms with E-state index in [0.717, 1.165) is 5.56 Å². The summed E-state index contributed by atoms with van der Waals surface area (Å²) in [4.78, 5) is 40.4. The average Bonchev–Trinajstić information content (AvgIpc) is 2.74. The highest BCUT2D eigenvalue weighted by Gasteiger charge is 2.33. The van der Waals surface area contributed by atoms with Gasteiger partial charge in [-0.2, -0.15) is 0 Å². The molecule has 0 saturated heterocycles. The van der Waals surface area contributed by atoms with Gasteiger partial charge in [-0.25, -0.2) is 0 Å². The Kier molecular flexibility index (Phi) is 8.12. The summed E-state index contributed by atoms with van der Waals surface area (Å²) in [5, 5.41) is 12.0. The number of allylic oxidation sites excluding steroid dienone is 1. The fourth-order valence-corrected chi connectivity index (χ4v) is 3.03. The van der Waals surface area contributed by atoms with Crippen LogP contribution in [0.4, 0.5) is 5.69 Å². The van der Waals surface area contributed by atoms with Crippen LogP contribution in [-0.4, -0.2) is 42.0 Å². The molecule has 0 aliphatic heterocycles. The third-order valence-corrected chi connectivity index (χ3v) is 4.87. The summed E-state index contributed by atoms with van der Waals surface area (Å²) in [6, 6.07) is 6.77. The summed E-state index contributed by atoms with van der Waals surface area (Å²) in [7, 11) is 3.07. The number of benzene rings is 1. The molecule has 0 radical (unpaired) electrons. The van der Waals surface area contributed by atoms with Crippen LogP contribution in [0.5, 0.6) is 11.5 Å². The maximum Gasteiger partial charge on any atom is 0.307 e. The number of ether oxygens (including phenoxy) is 2. The third kappa shape index (κ3) is 6.66. The van der Waals surface area contributed by atoms with E-state index >= 15 is 0 Å². The fraction of sp³-hybridized carbons (Fsp3) is 0.333. The van der Waals surface area contributed by atoms with Gasteiger partial charge in [-0.3, -0.25) is 19.4 Å². The van der Waals surface area contributed by atoms with Crippen LogP contribution < -0.4 is 14.8 Å². The number of pyridine rings is 1. The first-order valence-electron chi connectivity index (χ1n) is 9.97. The van der Waals surface area contributed by atoms with E-state index in [1.54, 1.807) is 52.2 Å². The van der Waals surface area contributed by atoms with Crippen molar-refractivity contribution in [3.63, 3.8) is 0 Å². The third-order valence-electron chi connectivity index (χ3n) is 4.87. The van der Waals surface area contributed by atoms with Gasteiger partial charge in [-0.1, -0.05) is 32.9 Å². The number of ketones is 1. The number of anilines is 1. The first kappa shape index (κ1) is 24.6. The van der Waals surface area contributed by atoms with Crippen LogP contribution >= 0.6 is 0 Å². The molecule has 0 aliphatic carbocycles. The molecule has 32 heavy (non-hydrogen) atoms. The van der Waals surface area contributed by atoms with Crippen molar-refractivity contribution in [1.82, 2.24) is 4.98 Å². The van der Waals surface area contributed by atoms with Crippen molar-refractivity contribution in [1.29, 1.82) is 0 Å². The molecule has 2 N–H and O–H groups in total. The van der Waals surface area contributed by atoms with E-state index in [4.69, 9.17) is 9.47 Å². The lowest BCUT2D eigenvalue weighted by Crippen LogP contribution is -2.32. The Labute approximate surface area is 187 Å². The number of nitrogens with zero attached hydrogens (tertiary/aromatic N) is 1. The second-order valence-corrected chi connectivity index (χ2v) is 8.28. The van der Waals surface area contributed by atoms with Gasteiger partial charge < -0.3 is 19.9 Å². The van der Waals surface area contributed by atoms with E-state index in [1.807, 2.05) is 0 Å². The normalized spacial score (nSPS) is 12.3. The summed E-state index contributed by atoms with van der Waals surface area (Å²) in [6.07, 6.45) is 5.64. The Balaban J connectivity index is 2.10. The van der Waals surface area contributed by atoms with Gasteiger partial charge in [0.1, 0.15) is 0 Å². The van der Waals surface area contributed by atoms with Gasteiger partial charge in [0.05, 0.1) is 32.0 Å². The number of nitrogens with one attached hydrogen (secondary N) is 1. The van der Waals surface area contributed by atoms with Crippen molar-refractivity contribution in [3.05, 3.63) is 53.9 Å². The highest BCUT2D eigenvalue weighted by molar-refractivity contribution is 6.07. The summed E-state index contributed by atoms with van der Waals surface area (Å²) in [5.74, 6) is -1.51.